The predicted molar refractivity (Wildman–Crippen MR) is 190 cm³/mol. The molecule has 2 aliphatic rings. The molecular formula is C38H49F3N8O2. The first-order chi connectivity index (χ1) is 24.5. The Balaban J connectivity index is 0.000000198. The van der Waals surface area contributed by atoms with Crippen LogP contribution in [0.15, 0.2) is 67.3 Å². The molecule has 274 valence electrons. The number of halogens is 3. The Hall–Kier alpha value is -4.49. The Bertz CT molecular complexity index is 1740. The van der Waals surface area contributed by atoms with Crippen molar-refractivity contribution in [2.75, 3.05) is 26.2 Å². The van der Waals surface area contributed by atoms with Gasteiger partial charge in [-0.05, 0) is 88.8 Å². The fraction of sp³-hybridized carbons (Fsp3) is 0.474. The van der Waals surface area contributed by atoms with Gasteiger partial charge in [-0.15, -0.1) is 0 Å². The van der Waals surface area contributed by atoms with Crippen molar-refractivity contribution in [1.29, 1.82) is 0 Å². The van der Waals surface area contributed by atoms with Gasteiger partial charge >= 0.3 is 0 Å². The number of carbonyl (C=O) groups excluding carboxylic acids is 2. The van der Waals surface area contributed by atoms with E-state index in [9.17, 15) is 22.8 Å². The van der Waals surface area contributed by atoms with Gasteiger partial charge in [0, 0.05) is 88.2 Å². The number of carbonyl (C=O) groups is 2. The molecule has 2 aromatic carbocycles. The van der Waals surface area contributed by atoms with E-state index in [0.29, 0.717) is 30.0 Å². The van der Waals surface area contributed by atoms with Crippen LogP contribution in [0.5, 0.6) is 0 Å². The minimum Gasteiger partial charge on any atom is -0.347 e. The summed E-state index contributed by atoms with van der Waals surface area (Å²) in [5.41, 5.74) is 1.37. The van der Waals surface area contributed by atoms with E-state index in [2.05, 4.69) is 58.1 Å². The number of nitrogens with zero attached hydrogens (tertiary/aromatic N) is 6. The highest BCUT2D eigenvalue weighted by molar-refractivity contribution is 5.91. The number of hydrogen-bond acceptors (Lipinski definition) is 6. The van der Waals surface area contributed by atoms with Crippen LogP contribution >= 0.6 is 0 Å². The van der Waals surface area contributed by atoms with Crippen LogP contribution in [0.3, 0.4) is 0 Å². The van der Waals surface area contributed by atoms with E-state index < -0.39 is 11.6 Å². The molecule has 0 atom stereocenters. The lowest BCUT2D eigenvalue weighted by atomic mass is 10.0. The lowest BCUT2D eigenvalue weighted by molar-refractivity contribution is 0.0877. The van der Waals surface area contributed by atoms with Crippen molar-refractivity contribution < 1.29 is 22.8 Å². The van der Waals surface area contributed by atoms with Crippen LogP contribution in [0.4, 0.5) is 13.2 Å². The second kappa shape index (κ2) is 17.6. The molecule has 4 aromatic rings. The van der Waals surface area contributed by atoms with Gasteiger partial charge in [0.15, 0.2) is 23.3 Å². The van der Waals surface area contributed by atoms with Gasteiger partial charge in [0.1, 0.15) is 5.82 Å². The van der Waals surface area contributed by atoms with Crippen LogP contribution in [-0.4, -0.2) is 91.1 Å². The van der Waals surface area contributed by atoms with Crippen LogP contribution < -0.4 is 10.6 Å². The van der Waals surface area contributed by atoms with Crippen molar-refractivity contribution in [3.05, 3.63) is 107 Å². The first-order valence-electron chi connectivity index (χ1n) is 17.8. The number of benzene rings is 2. The Morgan fingerprint density at radius 3 is 1.59 bits per heavy atom. The average Bonchev–Trinajstić information content (AvgIpc) is 3.77. The fourth-order valence-electron chi connectivity index (χ4n) is 6.58. The standard InChI is InChI=1S/C19H24F2N4O.C19H25FN4O/c1-13(2)24-8-5-15(6-9-24)23-19(26)18-22-7-10-25(18)12-14-3-4-16(20)17(21)11-14;1-14(2)23-9-6-17(7-10-23)22-19(25)18-21-8-11-24(18)13-15-4-3-5-16(20)12-15/h3-4,7,10-11,13,15H,5-6,8-9,12H2,1-2H3,(H,23,26);3-5,8,11-12,14,17H,6-7,9-10,13H2,1-2H3,(H,22,25). The van der Waals surface area contributed by atoms with Gasteiger partial charge in [-0.1, -0.05) is 18.2 Å². The molecule has 2 aromatic heterocycles. The summed E-state index contributed by atoms with van der Waals surface area (Å²) in [6.07, 6.45) is 10.3. The second-order valence-corrected chi connectivity index (χ2v) is 13.9. The zero-order valence-electron chi connectivity index (χ0n) is 29.9. The predicted octanol–water partition coefficient (Wildman–Crippen LogP) is 5.49. The molecule has 51 heavy (non-hydrogen) atoms. The largest absolute Gasteiger partial charge is 0.347 e. The molecule has 0 spiro atoms. The maximum absolute atomic E-state index is 13.4. The zero-order chi connectivity index (χ0) is 36.5. The molecule has 0 aliphatic carbocycles. The molecular weight excluding hydrogens is 657 g/mol. The summed E-state index contributed by atoms with van der Waals surface area (Å²) in [7, 11) is 0. The van der Waals surface area contributed by atoms with Crippen molar-refractivity contribution in [1.82, 2.24) is 39.5 Å². The van der Waals surface area contributed by atoms with Gasteiger partial charge in [-0.3, -0.25) is 9.59 Å². The van der Waals surface area contributed by atoms with Crippen molar-refractivity contribution in [2.24, 2.45) is 0 Å². The summed E-state index contributed by atoms with van der Waals surface area (Å²) in [6, 6.07) is 11.5. The third-order valence-corrected chi connectivity index (χ3v) is 9.61. The minimum atomic E-state index is -0.898. The van der Waals surface area contributed by atoms with Crippen LogP contribution in [0.25, 0.3) is 0 Å². The highest BCUT2D eigenvalue weighted by Gasteiger charge is 2.25. The molecule has 2 N–H and O–H groups in total. The van der Waals surface area contributed by atoms with Gasteiger partial charge < -0.3 is 29.6 Å². The molecule has 0 bridgehead atoms. The minimum absolute atomic E-state index is 0.130. The first-order valence-corrected chi connectivity index (χ1v) is 17.8. The summed E-state index contributed by atoms with van der Waals surface area (Å²) in [5, 5.41) is 6.14. The number of aromatic nitrogens is 4. The molecule has 2 fully saturated rings. The lowest BCUT2D eigenvalue weighted by Gasteiger charge is -2.34. The highest BCUT2D eigenvalue weighted by Crippen LogP contribution is 2.16. The average molecular weight is 707 g/mol. The summed E-state index contributed by atoms with van der Waals surface area (Å²) >= 11 is 0. The molecule has 6 rings (SSSR count). The SMILES string of the molecule is CC(C)N1CCC(NC(=O)c2nccn2Cc2ccc(F)c(F)c2)CC1.CC(C)N1CCC(NC(=O)c2nccn2Cc2cccc(F)c2)CC1. The van der Waals surface area contributed by atoms with Gasteiger partial charge in [-0.25, -0.2) is 23.1 Å². The van der Waals surface area contributed by atoms with Crippen molar-refractivity contribution in [3.8, 4) is 0 Å². The van der Waals surface area contributed by atoms with E-state index in [1.165, 1.54) is 24.4 Å². The normalized spacial score (nSPS) is 16.3. The topological polar surface area (TPSA) is 100 Å². The fourth-order valence-corrected chi connectivity index (χ4v) is 6.58. The van der Waals surface area contributed by atoms with Crippen LogP contribution in [-0.2, 0) is 13.1 Å². The summed E-state index contributed by atoms with van der Waals surface area (Å²) in [5.74, 6) is -1.81. The van der Waals surface area contributed by atoms with Crippen molar-refractivity contribution >= 4 is 11.8 Å². The van der Waals surface area contributed by atoms with Crippen LogP contribution in [0.1, 0.15) is 85.7 Å². The monoisotopic (exact) mass is 706 g/mol. The maximum atomic E-state index is 13.4. The molecule has 2 saturated heterocycles. The van der Waals surface area contributed by atoms with E-state index in [4.69, 9.17) is 0 Å². The van der Waals surface area contributed by atoms with Crippen LogP contribution in [0.2, 0.25) is 0 Å². The van der Waals surface area contributed by atoms with Gasteiger partial charge in [0.05, 0.1) is 0 Å². The van der Waals surface area contributed by atoms with Gasteiger partial charge in [-0.2, -0.15) is 0 Å². The van der Waals surface area contributed by atoms with Crippen molar-refractivity contribution in [2.45, 2.75) is 90.6 Å². The molecule has 4 heterocycles. The molecule has 0 unspecified atom stereocenters. The third kappa shape index (κ3) is 10.5. The summed E-state index contributed by atoms with van der Waals surface area (Å²) in [4.78, 5) is 38.3. The van der Waals surface area contributed by atoms with E-state index in [1.807, 2.05) is 6.07 Å². The van der Waals surface area contributed by atoms with E-state index in [-0.39, 0.29) is 42.1 Å². The Kier molecular flexibility index (Phi) is 13.1. The number of hydrogen-bond donors (Lipinski definition) is 2. The number of nitrogens with one attached hydrogen (secondary N) is 2. The number of likely N-dealkylation sites (tertiary alicyclic amines) is 2. The number of amides is 2. The molecule has 0 saturated carbocycles. The van der Waals surface area contributed by atoms with Crippen molar-refractivity contribution in [3.63, 3.8) is 0 Å². The Morgan fingerprint density at radius 1 is 0.686 bits per heavy atom. The van der Waals surface area contributed by atoms with E-state index in [1.54, 1.807) is 33.8 Å². The third-order valence-electron chi connectivity index (χ3n) is 9.61. The highest BCUT2D eigenvalue weighted by atomic mass is 19.2. The molecule has 13 heteroatoms. The van der Waals surface area contributed by atoms with Gasteiger partial charge in [0.2, 0.25) is 0 Å². The Morgan fingerprint density at radius 2 is 1.16 bits per heavy atom. The second-order valence-electron chi connectivity index (χ2n) is 13.9. The molecule has 0 radical (unpaired) electrons. The van der Waals surface area contributed by atoms with E-state index in [0.717, 1.165) is 69.6 Å². The first kappa shape index (κ1) is 37.8. The number of piperidine rings is 2. The molecule has 2 aliphatic heterocycles. The number of rotatable bonds is 10. The summed E-state index contributed by atoms with van der Waals surface area (Å²) < 4.78 is 43.2. The smallest absolute Gasteiger partial charge is 0.287 e. The number of imidazole rings is 2. The van der Waals surface area contributed by atoms with E-state index >= 15 is 0 Å². The van der Waals surface area contributed by atoms with Crippen LogP contribution in [0, 0.1) is 17.5 Å². The molecule has 10 nitrogen and oxygen atoms in total. The van der Waals surface area contributed by atoms with Gasteiger partial charge in [0.25, 0.3) is 11.8 Å². The summed E-state index contributed by atoms with van der Waals surface area (Å²) in [6.45, 7) is 13.4. The zero-order valence-corrected chi connectivity index (χ0v) is 29.9. The Labute approximate surface area is 298 Å². The molecule has 2 amide bonds. The maximum Gasteiger partial charge on any atom is 0.287 e. The quantitative estimate of drug-likeness (QED) is 0.227. The lowest BCUT2D eigenvalue weighted by Crippen LogP contribution is -2.47.